The van der Waals surface area contributed by atoms with Crippen molar-refractivity contribution in [2.75, 3.05) is 0 Å². The Hall–Kier alpha value is -1.31. The molecular formula is C13H17NO. The number of fused-ring (bicyclic) bond motifs is 1. The summed E-state index contributed by atoms with van der Waals surface area (Å²) in [5.74, 6) is 0. The largest absolute Gasteiger partial charge is 0.411 e. The van der Waals surface area contributed by atoms with Crippen molar-refractivity contribution in [2.45, 2.75) is 39.5 Å². The first-order valence-electron chi connectivity index (χ1n) is 5.54. The Kier molecular flexibility index (Phi) is 2.76. The van der Waals surface area contributed by atoms with Crippen LogP contribution in [0.3, 0.4) is 0 Å². The number of benzene rings is 1. The Balaban J connectivity index is 2.65. The van der Waals surface area contributed by atoms with Gasteiger partial charge in [-0.2, -0.15) is 0 Å². The van der Waals surface area contributed by atoms with Crippen LogP contribution in [-0.4, -0.2) is 10.9 Å². The predicted molar refractivity (Wildman–Crippen MR) is 61.8 cm³/mol. The Morgan fingerprint density at radius 3 is 2.47 bits per heavy atom. The van der Waals surface area contributed by atoms with Crippen LogP contribution in [0.2, 0.25) is 0 Å². The summed E-state index contributed by atoms with van der Waals surface area (Å²) in [7, 11) is 0. The van der Waals surface area contributed by atoms with E-state index in [1.54, 1.807) is 0 Å². The van der Waals surface area contributed by atoms with Crippen LogP contribution >= 0.6 is 0 Å². The fourth-order valence-electron chi connectivity index (χ4n) is 2.41. The summed E-state index contributed by atoms with van der Waals surface area (Å²) in [6.07, 6.45) is 4.32. The van der Waals surface area contributed by atoms with E-state index < -0.39 is 0 Å². The van der Waals surface area contributed by atoms with Gasteiger partial charge in [0.05, 0.1) is 5.71 Å². The highest BCUT2D eigenvalue weighted by Gasteiger charge is 2.17. The van der Waals surface area contributed by atoms with Crippen molar-refractivity contribution in [1.82, 2.24) is 0 Å². The molecule has 1 N–H and O–H groups in total. The molecule has 0 bridgehead atoms. The molecule has 1 aliphatic rings. The molecule has 0 heterocycles. The third-order valence-electron chi connectivity index (χ3n) is 3.26. The fraction of sp³-hybridized carbons (Fsp3) is 0.462. The third-order valence-corrected chi connectivity index (χ3v) is 3.26. The van der Waals surface area contributed by atoms with Gasteiger partial charge in [0, 0.05) is 5.56 Å². The molecule has 0 spiro atoms. The van der Waals surface area contributed by atoms with E-state index in [-0.39, 0.29) is 0 Å². The van der Waals surface area contributed by atoms with Gasteiger partial charge in [-0.3, -0.25) is 0 Å². The summed E-state index contributed by atoms with van der Waals surface area (Å²) in [5, 5.41) is 12.5. The van der Waals surface area contributed by atoms with Gasteiger partial charge in [0.15, 0.2) is 0 Å². The molecule has 0 saturated carbocycles. The first-order chi connectivity index (χ1) is 7.24. The van der Waals surface area contributed by atoms with Crippen LogP contribution in [-0.2, 0) is 6.42 Å². The van der Waals surface area contributed by atoms with Gasteiger partial charge in [-0.25, -0.2) is 0 Å². The van der Waals surface area contributed by atoms with Crippen molar-refractivity contribution in [3.05, 3.63) is 34.4 Å². The molecule has 0 saturated heterocycles. The van der Waals surface area contributed by atoms with Gasteiger partial charge >= 0.3 is 0 Å². The molecule has 2 rings (SSSR count). The van der Waals surface area contributed by atoms with E-state index in [9.17, 15) is 0 Å². The van der Waals surface area contributed by atoms with E-state index in [0.29, 0.717) is 0 Å². The molecule has 2 nitrogen and oxygen atoms in total. The van der Waals surface area contributed by atoms with Gasteiger partial charge in [0.2, 0.25) is 0 Å². The van der Waals surface area contributed by atoms with E-state index >= 15 is 0 Å². The zero-order valence-corrected chi connectivity index (χ0v) is 9.38. The van der Waals surface area contributed by atoms with Crippen LogP contribution in [0.25, 0.3) is 0 Å². The van der Waals surface area contributed by atoms with E-state index in [0.717, 1.165) is 25.0 Å². The smallest absolute Gasteiger partial charge is 0.0873 e. The number of nitrogens with zero attached hydrogens (tertiary/aromatic N) is 1. The minimum Gasteiger partial charge on any atom is -0.411 e. The quantitative estimate of drug-likeness (QED) is 0.392. The molecule has 1 aromatic carbocycles. The standard InChI is InChI=1S/C13H17NO/c1-9-7-8-10(2)13-11(9)5-3-4-6-12(13)14-15/h7-8,15H,3-6H2,1-2H3/b14-12+. The maximum Gasteiger partial charge on any atom is 0.0873 e. The molecule has 0 atom stereocenters. The topological polar surface area (TPSA) is 32.6 Å². The lowest BCUT2D eigenvalue weighted by Crippen LogP contribution is -2.06. The lowest BCUT2D eigenvalue weighted by atomic mass is 9.93. The van der Waals surface area contributed by atoms with Gasteiger partial charge in [0.1, 0.15) is 0 Å². The van der Waals surface area contributed by atoms with E-state index in [4.69, 9.17) is 5.21 Å². The Morgan fingerprint density at radius 2 is 1.73 bits per heavy atom. The maximum atomic E-state index is 9.07. The molecule has 0 amide bonds. The highest BCUT2D eigenvalue weighted by Crippen LogP contribution is 2.26. The minimum absolute atomic E-state index is 0.865. The molecule has 15 heavy (non-hydrogen) atoms. The van der Waals surface area contributed by atoms with E-state index in [2.05, 4.69) is 31.1 Å². The van der Waals surface area contributed by atoms with Crippen LogP contribution in [0.15, 0.2) is 17.3 Å². The van der Waals surface area contributed by atoms with Crippen molar-refractivity contribution in [1.29, 1.82) is 0 Å². The summed E-state index contributed by atoms with van der Waals surface area (Å²) in [4.78, 5) is 0. The molecule has 1 aliphatic carbocycles. The van der Waals surface area contributed by atoms with Gasteiger partial charge in [-0.05, 0) is 56.2 Å². The molecule has 0 aliphatic heterocycles. The normalized spacial score (nSPS) is 18.7. The summed E-state index contributed by atoms with van der Waals surface area (Å²) in [6, 6.07) is 4.28. The lowest BCUT2D eigenvalue weighted by Gasteiger charge is -2.12. The summed E-state index contributed by atoms with van der Waals surface area (Å²) in [6.45, 7) is 4.23. The SMILES string of the molecule is Cc1ccc(C)c2c1CCCC/C2=N\O. The second-order valence-electron chi connectivity index (χ2n) is 4.31. The van der Waals surface area contributed by atoms with Crippen molar-refractivity contribution in [2.24, 2.45) is 5.16 Å². The van der Waals surface area contributed by atoms with Crippen LogP contribution < -0.4 is 0 Å². The monoisotopic (exact) mass is 203 g/mol. The summed E-state index contributed by atoms with van der Waals surface area (Å²) < 4.78 is 0. The molecule has 80 valence electrons. The third kappa shape index (κ3) is 1.76. The van der Waals surface area contributed by atoms with E-state index in [1.807, 2.05) is 0 Å². The van der Waals surface area contributed by atoms with Crippen LogP contribution in [0.5, 0.6) is 0 Å². The van der Waals surface area contributed by atoms with Gasteiger partial charge in [0.25, 0.3) is 0 Å². The zero-order valence-electron chi connectivity index (χ0n) is 9.38. The van der Waals surface area contributed by atoms with Crippen LogP contribution in [0.4, 0.5) is 0 Å². The predicted octanol–water partition coefficient (Wildman–Crippen LogP) is 3.21. The number of hydrogen-bond acceptors (Lipinski definition) is 2. The Labute approximate surface area is 90.6 Å². The lowest BCUT2D eigenvalue weighted by molar-refractivity contribution is 0.318. The average molecular weight is 203 g/mol. The number of rotatable bonds is 0. The van der Waals surface area contributed by atoms with Crippen LogP contribution in [0.1, 0.15) is 41.5 Å². The van der Waals surface area contributed by atoms with E-state index in [1.165, 1.54) is 28.7 Å². The molecule has 0 radical (unpaired) electrons. The Bertz CT molecular complexity index is 407. The second kappa shape index (κ2) is 4.05. The van der Waals surface area contributed by atoms with Crippen molar-refractivity contribution in [3.63, 3.8) is 0 Å². The summed E-state index contributed by atoms with van der Waals surface area (Å²) in [5.41, 5.74) is 5.97. The highest BCUT2D eigenvalue weighted by molar-refractivity contribution is 6.03. The average Bonchev–Trinajstić information content (AvgIpc) is 2.46. The highest BCUT2D eigenvalue weighted by atomic mass is 16.4. The molecular weight excluding hydrogens is 186 g/mol. The van der Waals surface area contributed by atoms with Gasteiger partial charge in [-0.15, -0.1) is 0 Å². The molecule has 0 fully saturated rings. The van der Waals surface area contributed by atoms with Gasteiger partial charge < -0.3 is 5.21 Å². The molecule has 1 aromatic rings. The Morgan fingerprint density at radius 1 is 1.07 bits per heavy atom. The first kappa shape index (κ1) is 10.2. The molecule has 2 heteroatoms. The fourth-order valence-corrected chi connectivity index (χ4v) is 2.41. The second-order valence-corrected chi connectivity index (χ2v) is 4.31. The number of oxime groups is 1. The van der Waals surface area contributed by atoms with Crippen molar-refractivity contribution < 1.29 is 5.21 Å². The zero-order chi connectivity index (χ0) is 10.8. The maximum absolute atomic E-state index is 9.07. The molecule has 0 aromatic heterocycles. The minimum atomic E-state index is 0.865. The first-order valence-corrected chi connectivity index (χ1v) is 5.54. The van der Waals surface area contributed by atoms with Gasteiger partial charge in [-0.1, -0.05) is 17.3 Å². The summed E-state index contributed by atoms with van der Waals surface area (Å²) >= 11 is 0. The number of aryl methyl sites for hydroxylation is 2. The van der Waals surface area contributed by atoms with Crippen molar-refractivity contribution in [3.8, 4) is 0 Å². The van der Waals surface area contributed by atoms with Crippen LogP contribution in [0, 0.1) is 13.8 Å². The number of hydrogen-bond donors (Lipinski definition) is 1. The molecule has 0 unspecified atom stereocenters. The van der Waals surface area contributed by atoms with Crippen molar-refractivity contribution >= 4 is 5.71 Å².